The molecule has 31 heavy (non-hydrogen) atoms. The smallest absolute Gasteiger partial charge is 0.265 e. The van der Waals surface area contributed by atoms with Crippen LogP contribution in [-0.4, -0.2) is 44.5 Å². The Bertz CT molecular complexity index is 1080. The van der Waals surface area contributed by atoms with E-state index < -0.39 is 22.9 Å². The summed E-state index contributed by atoms with van der Waals surface area (Å²) in [6.45, 7) is 10.7. The third-order valence-electron chi connectivity index (χ3n) is 5.31. The Morgan fingerprint density at radius 1 is 0.581 bits per heavy atom. The van der Waals surface area contributed by atoms with Crippen molar-refractivity contribution in [3.8, 4) is 11.5 Å². The van der Waals surface area contributed by atoms with Gasteiger partial charge in [-0.1, -0.05) is 12.1 Å². The number of nitrogens with zero attached hydrogens (tertiary/aromatic N) is 2. The van der Waals surface area contributed by atoms with Crippen LogP contribution in [0.3, 0.4) is 0 Å². The average Bonchev–Trinajstić information content (AvgIpc) is 3.07. The lowest BCUT2D eigenvalue weighted by atomic mass is 10.1. The highest BCUT2D eigenvalue weighted by Gasteiger charge is 2.46. The topological polar surface area (TPSA) is 84.0 Å². The van der Waals surface area contributed by atoms with Crippen LogP contribution in [0, 0.1) is 0 Å². The predicted molar refractivity (Wildman–Crippen MR) is 113 cm³/mol. The maximum Gasteiger partial charge on any atom is 0.265 e. The van der Waals surface area contributed by atoms with Crippen molar-refractivity contribution >= 4 is 23.6 Å². The van der Waals surface area contributed by atoms with Gasteiger partial charge in [0.15, 0.2) is 0 Å². The highest BCUT2D eigenvalue weighted by atomic mass is 16.5. The van der Waals surface area contributed by atoms with Crippen molar-refractivity contribution in [3.05, 3.63) is 58.7 Å². The monoisotopic (exact) mass is 420 g/mol. The predicted octanol–water partition coefficient (Wildman–Crippen LogP) is 4.27. The molecular formula is C24H24N2O5. The van der Waals surface area contributed by atoms with Gasteiger partial charge in [0.25, 0.3) is 23.6 Å². The first-order valence-corrected chi connectivity index (χ1v) is 10.1. The SMILES string of the molecule is CC(C)(C)N1C(=O)c2cccc(Oc3cccc4c3C(=O)N(C(C)(C)C)C4=O)c2C1=O. The van der Waals surface area contributed by atoms with E-state index in [1.807, 2.05) is 0 Å². The van der Waals surface area contributed by atoms with E-state index in [2.05, 4.69) is 0 Å². The van der Waals surface area contributed by atoms with E-state index in [1.165, 1.54) is 9.80 Å². The van der Waals surface area contributed by atoms with Crippen LogP contribution in [-0.2, 0) is 0 Å². The summed E-state index contributed by atoms with van der Waals surface area (Å²) < 4.78 is 6.02. The molecule has 0 spiro atoms. The molecule has 0 N–H and O–H groups in total. The molecule has 0 radical (unpaired) electrons. The van der Waals surface area contributed by atoms with Crippen molar-refractivity contribution in [1.82, 2.24) is 9.80 Å². The summed E-state index contributed by atoms with van der Waals surface area (Å²) in [5, 5.41) is 0. The first-order chi connectivity index (χ1) is 14.3. The van der Waals surface area contributed by atoms with Crippen molar-refractivity contribution in [2.24, 2.45) is 0 Å². The number of imide groups is 2. The van der Waals surface area contributed by atoms with E-state index >= 15 is 0 Å². The number of carbonyl (C=O) groups excluding carboxylic acids is 4. The van der Waals surface area contributed by atoms with Gasteiger partial charge in [-0.3, -0.25) is 29.0 Å². The second-order valence-corrected chi connectivity index (χ2v) is 9.69. The zero-order valence-electron chi connectivity index (χ0n) is 18.4. The van der Waals surface area contributed by atoms with Crippen LogP contribution in [0.1, 0.15) is 83.0 Å². The number of amides is 4. The number of hydrogen-bond donors (Lipinski definition) is 0. The molecule has 4 amide bonds. The number of benzene rings is 2. The number of hydrogen-bond acceptors (Lipinski definition) is 5. The van der Waals surface area contributed by atoms with Gasteiger partial charge in [-0.25, -0.2) is 0 Å². The molecule has 2 heterocycles. The molecule has 0 unspecified atom stereocenters. The number of ether oxygens (including phenoxy) is 1. The Kier molecular flexibility index (Phi) is 4.36. The first-order valence-electron chi connectivity index (χ1n) is 10.1. The van der Waals surface area contributed by atoms with Crippen LogP contribution < -0.4 is 4.74 Å². The largest absolute Gasteiger partial charge is 0.456 e. The van der Waals surface area contributed by atoms with Gasteiger partial charge in [0, 0.05) is 11.1 Å². The van der Waals surface area contributed by atoms with E-state index in [-0.39, 0.29) is 45.6 Å². The van der Waals surface area contributed by atoms with Crippen molar-refractivity contribution in [1.29, 1.82) is 0 Å². The molecule has 0 aliphatic carbocycles. The van der Waals surface area contributed by atoms with Gasteiger partial charge in [0.2, 0.25) is 0 Å². The van der Waals surface area contributed by atoms with Crippen molar-refractivity contribution in [2.45, 2.75) is 52.6 Å². The molecule has 4 rings (SSSR count). The van der Waals surface area contributed by atoms with E-state index in [4.69, 9.17) is 4.74 Å². The molecule has 0 bridgehead atoms. The second-order valence-electron chi connectivity index (χ2n) is 9.69. The summed E-state index contributed by atoms with van der Waals surface area (Å²) in [4.78, 5) is 54.3. The minimum Gasteiger partial charge on any atom is -0.456 e. The molecule has 0 saturated carbocycles. The van der Waals surface area contributed by atoms with E-state index in [1.54, 1.807) is 77.9 Å². The number of rotatable bonds is 2. The van der Waals surface area contributed by atoms with E-state index in [0.717, 1.165) is 0 Å². The molecule has 7 nitrogen and oxygen atoms in total. The van der Waals surface area contributed by atoms with E-state index in [9.17, 15) is 19.2 Å². The molecule has 0 fully saturated rings. The molecule has 160 valence electrons. The maximum absolute atomic E-state index is 13.1. The second kappa shape index (κ2) is 6.51. The zero-order chi connectivity index (χ0) is 22.9. The molecule has 0 saturated heterocycles. The summed E-state index contributed by atoms with van der Waals surface area (Å²) in [5.41, 5.74) is -0.580. The molecule has 2 aromatic rings. The summed E-state index contributed by atoms with van der Waals surface area (Å²) >= 11 is 0. The van der Waals surface area contributed by atoms with Crippen molar-refractivity contribution < 1.29 is 23.9 Å². The maximum atomic E-state index is 13.1. The Morgan fingerprint density at radius 2 is 0.935 bits per heavy atom. The van der Waals surface area contributed by atoms with Crippen LogP contribution in [0.5, 0.6) is 11.5 Å². The summed E-state index contributed by atoms with van der Waals surface area (Å²) in [6, 6.07) is 9.59. The quantitative estimate of drug-likeness (QED) is 0.678. The minimum absolute atomic E-state index is 0.157. The molecule has 7 heteroatoms. The highest BCUT2D eigenvalue weighted by Crippen LogP contribution is 2.40. The first kappa shape index (κ1) is 20.8. The lowest BCUT2D eigenvalue weighted by molar-refractivity contribution is 0.0490. The molecule has 0 atom stereocenters. The Balaban J connectivity index is 1.80. The van der Waals surface area contributed by atoms with Gasteiger partial charge in [-0.05, 0) is 65.8 Å². The van der Waals surface area contributed by atoms with Crippen LogP contribution in [0.25, 0.3) is 0 Å². The number of carbonyl (C=O) groups is 4. The van der Waals surface area contributed by atoms with Crippen molar-refractivity contribution in [3.63, 3.8) is 0 Å². The van der Waals surface area contributed by atoms with Gasteiger partial charge >= 0.3 is 0 Å². The Morgan fingerprint density at radius 3 is 1.26 bits per heavy atom. The fraction of sp³-hybridized carbons (Fsp3) is 0.333. The molecule has 2 aromatic carbocycles. The Labute approximate surface area is 180 Å². The fourth-order valence-electron chi connectivity index (χ4n) is 4.02. The summed E-state index contributed by atoms with van der Waals surface area (Å²) in [6.07, 6.45) is 0. The van der Waals surface area contributed by atoms with Crippen molar-refractivity contribution in [2.75, 3.05) is 0 Å². The van der Waals surface area contributed by atoms with Gasteiger partial charge in [0.1, 0.15) is 11.5 Å². The fourth-order valence-corrected chi connectivity index (χ4v) is 4.02. The standard InChI is InChI=1S/C24H24N2O5/c1-23(2,3)25-19(27)13-9-7-11-15(17(13)21(25)29)31-16-12-8-10-14-18(16)22(30)26(20(14)28)24(4,5)6/h7-12H,1-6H3. The van der Waals surface area contributed by atoms with Gasteiger partial charge < -0.3 is 4.74 Å². The lowest BCUT2D eigenvalue weighted by Gasteiger charge is -2.29. The summed E-state index contributed by atoms with van der Waals surface area (Å²) in [7, 11) is 0. The zero-order valence-corrected chi connectivity index (χ0v) is 18.4. The third-order valence-corrected chi connectivity index (χ3v) is 5.31. The summed E-state index contributed by atoms with van der Waals surface area (Å²) in [5.74, 6) is -1.33. The molecular weight excluding hydrogens is 396 g/mol. The highest BCUT2D eigenvalue weighted by molar-refractivity contribution is 6.24. The van der Waals surface area contributed by atoms with E-state index in [0.29, 0.717) is 0 Å². The van der Waals surface area contributed by atoms with Crippen LogP contribution in [0.4, 0.5) is 0 Å². The van der Waals surface area contributed by atoms with Gasteiger partial charge in [0.05, 0.1) is 22.3 Å². The average molecular weight is 420 g/mol. The normalized spacial score (nSPS) is 16.2. The third kappa shape index (κ3) is 3.03. The minimum atomic E-state index is -0.700. The molecule has 2 aliphatic rings. The Hall–Kier alpha value is -3.48. The van der Waals surface area contributed by atoms with Crippen LogP contribution in [0.2, 0.25) is 0 Å². The molecule has 0 aromatic heterocycles. The van der Waals surface area contributed by atoms with Crippen LogP contribution in [0.15, 0.2) is 36.4 Å². The molecule has 2 aliphatic heterocycles. The van der Waals surface area contributed by atoms with Gasteiger partial charge in [-0.15, -0.1) is 0 Å². The van der Waals surface area contributed by atoms with Gasteiger partial charge in [-0.2, -0.15) is 0 Å². The lowest BCUT2D eigenvalue weighted by Crippen LogP contribution is -2.45. The number of fused-ring (bicyclic) bond motifs is 2. The van der Waals surface area contributed by atoms with Crippen LogP contribution >= 0.6 is 0 Å².